The van der Waals surface area contributed by atoms with Crippen molar-refractivity contribution in [2.45, 2.75) is 26.3 Å². The highest BCUT2D eigenvalue weighted by atomic mass is 16.5. The molecular weight excluding hydrogens is 138 g/mol. The average molecular weight is 157 g/mol. The van der Waals surface area contributed by atoms with Crippen LogP contribution in [0.1, 0.15) is 20.3 Å². The van der Waals surface area contributed by atoms with Crippen LogP contribution in [0.3, 0.4) is 0 Å². The Morgan fingerprint density at radius 2 is 2.36 bits per heavy atom. The summed E-state index contributed by atoms with van der Waals surface area (Å²) >= 11 is 0. The number of hydrogen-bond donors (Lipinski definition) is 1. The lowest BCUT2D eigenvalue weighted by Gasteiger charge is -2.10. The van der Waals surface area contributed by atoms with Crippen LogP contribution in [0.15, 0.2) is 12.7 Å². The van der Waals surface area contributed by atoms with Crippen LogP contribution in [0.25, 0.3) is 0 Å². The second kappa shape index (κ2) is 7.76. The Kier molecular flexibility index (Phi) is 7.52. The second-order valence-corrected chi connectivity index (χ2v) is 2.63. The molecule has 0 amide bonds. The fourth-order valence-electron chi connectivity index (χ4n) is 0.688. The van der Waals surface area contributed by atoms with Gasteiger partial charge in [0.05, 0.1) is 13.2 Å². The first-order valence-electron chi connectivity index (χ1n) is 4.23. The number of ether oxygens (including phenoxy) is 1. The van der Waals surface area contributed by atoms with Crippen molar-refractivity contribution in [1.29, 1.82) is 0 Å². The molecule has 0 rings (SSSR count). The molecule has 0 aliphatic heterocycles. The van der Waals surface area contributed by atoms with Crippen LogP contribution in [0.5, 0.6) is 0 Å². The minimum Gasteiger partial charge on any atom is -0.376 e. The molecular formula is C9H19NO. The first-order valence-corrected chi connectivity index (χ1v) is 4.23. The van der Waals surface area contributed by atoms with Crippen molar-refractivity contribution >= 4 is 0 Å². The van der Waals surface area contributed by atoms with Crippen molar-refractivity contribution < 1.29 is 4.74 Å². The molecule has 0 heterocycles. The lowest BCUT2D eigenvalue weighted by atomic mass is 10.3. The molecule has 0 aromatic carbocycles. The quantitative estimate of drug-likeness (QED) is 0.447. The highest BCUT2D eigenvalue weighted by Gasteiger charge is 1.94. The molecule has 0 saturated carbocycles. The van der Waals surface area contributed by atoms with Crippen LogP contribution >= 0.6 is 0 Å². The maximum Gasteiger partial charge on any atom is 0.0645 e. The van der Waals surface area contributed by atoms with Crippen LogP contribution in [0.4, 0.5) is 0 Å². The third-order valence-electron chi connectivity index (χ3n) is 1.59. The van der Waals surface area contributed by atoms with Gasteiger partial charge < -0.3 is 10.1 Å². The van der Waals surface area contributed by atoms with Gasteiger partial charge in [0.2, 0.25) is 0 Å². The number of hydrogen-bond acceptors (Lipinski definition) is 2. The topological polar surface area (TPSA) is 21.3 Å². The predicted molar refractivity (Wildman–Crippen MR) is 48.8 cm³/mol. The normalized spacial score (nSPS) is 12.9. The molecule has 0 spiro atoms. The number of rotatable bonds is 7. The van der Waals surface area contributed by atoms with E-state index in [9.17, 15) is 0 Å². The maximum absolute atomic E-state index is 5.20. The molecule has 0 fully saturated rings. The Morgan fingerprint density at radius 1 is 1.64 bits per heavy atom. The predicted octanol–water partition coefficient (Wildman–Crippen LogP) is 1.58. The van der Waals surface area contributed by atoms with Gasteiger partial charge in [0, 0.05) is 12.6 Å². The minimum absolute atomic E-state index is 0.599. The van der Waals surface area contributed by atoms with E-state index >= 15 is 0 Å². The van der Waals surface area contributed by atoms with Crippen molar-refractivity contribution in [3.63, 3.8) is 0 Å². The third-order valence-corrected chi connectivity index (χ3v) is 1.59. The van der Waals surface area contributed by atoms with Crippen LogP contribution in [-0.4, -0.2) is 25.8 Å². The minimum atomic E-state index is 0.599. The Balaban J connectivity index is 2.95. The van der Waals surface area contributed by atoms with Gasteiger partial charge >= 0.3 is 0 Å². The maximum atomic E-state index is 5.20. The van der Waals surface area contributed by atoms with Crippen molar-refractivity contribution in [2.75, 3.05) is 19.8 Å². The van der Waals surface area contributed by atoms with E-state index < -0.39 is 0 Å². The van der Waals surface area contributed by atoms with Gasteiger partial charge in [0.15, 0.2) is 0 Å². The monoisotopic (exact) mass is 157 g/mol. The molecule has 11 heavy (non-hydrogen) atoms. The van der Waals surface area contributed by atoms with Crippen LogP contribution in [0, 0.1) is 0 Å². The molecule has 0 aromatic rings. The van der Waals surface area contributed by atoms with E-state index in [0.29, 0.717) is 12.6 Å². The van der Waals surface area contributed by atoms with Crippen LogP contribution in [-0.2, 0) is 4.74 Å². The molecule has 1 N–H and O–H groups in total. The van der Waals surface area contributed by atoms with Crippen molar-refractivity contribution in [2.24, 2.45) is 0 Å². The van der Waals surface area contributed by atoms with E-state index in [4.69, 9.17) is 4.74 Å². The molecule has 66 valence electrons. The largest absolute Gasteiger partial charge is 0.376 e. The first kappa shape index (κ1) is 10.7. The molecule has 0 aliphatic rings. The van der Waals surface area contributed by atoms with E-state index in [0.717, 1.165) is 13.2 Å². The van der Waals surface area contributed by atoms with Gasteiger partial charge in [-0.1, -0.05) is 13.0 Å². The molecule has 1 atom stereocenters. The van der Waals surface area contributed by atoms with E-state index in [2.05, 4.69) is 25.7 Å². The second-order valence-electron chi connectivity index (χ2n) is 2.63. The van der Waals surface area contributed by atoms with E-state index in [1.807, 2.05) is 0 Å². The summed E-state index contributed by atoms with van der Waals surface area (Å²) in [7, 11) is 0. The number of nitrogens with one attached hydrogen (secondary N) is 1. The van der Waals surface area contributed by atoms with E-state index in [-0.39, 0.29) is 0 Å². The van der Waals surface area contributed by atoms with Crippen molar-refractivity contribution in [3.8, 4) is 0 Å². The van der Waals surface area contributed by atoms with Crippen molar-refractivity contribution in [3.05, 3.63) is 12.7 Å². The summed E-state index contributed by atoms with van der Waals surface area (Å²) in [6, 6.07) is 0.599. The fraction of sp³-hybridized carbons (Fsp3) is 0.778. The molecule has 0 bridgehead atoms. The molecule has 0 saturated heterocycles. The van der Waals surface area contributed by atoms with Crippen molar-refractivity contribution in [1.82, 2.24) is 5.32 Å². The summed E-state index contributed by atoms with van der Waals surface area (Å²) in [6.07, 6.45) is 2.94. The Labute approximate surface area is 69.6 Å². The van der Waals surface area contributed by atoms with Gasteiger partial charge in [-0.2, -0.15) is 0 Å². The van der Waals surface area contributed by atoms with E-state index in [1.54, 1.807) is 6.08 Å². The zero-order valence-electron chi connectivity index (χ0n) is 7.60. The summed E-state index contributed by atoms with van der Waals surface area (Å²) in [5.74, 6) is 0. The SMILES string of the molecule is C=CCOCCNC(C)CC. The molecule has 0 aromatic heterocycles. The highest BCUT2D eigenvalue weighted by Crippen LogP contribution is 1.86. The third kappa shape index (κ3) is 7.56. The highest BCUT2D eigenvalue weighted by molar-refractivity contribution is 4.64. The van der Waals surface area contributed by atoms with Gasteiger partial charge in [-0.15, -0.1) is 6.58 Å². The van der Waals surface area contributed by atoms with Gasteiger partial charge in [-0.05, 0) is 13.3 Å². The first-order chi connectivity index (χ1) is 5.31. The lowest BCUT2D eigenvalue weighted by molar-refractivity contribution is 0.161. The Morgan fingerprint density at radius 3 is 2.91 bits per heavy atom. The standard InChI is InChI=1S/C9H19NO/c1-4-7-11-8-6-10-9(3)5-2/h4,9-10H,1,5-8H2,2-3H3. The zero-order valence-corrected chi connectivity index (χ0v) is 7.60. The zero-order chi connectivity index (χ0) is 8.53. The Hall–Kier alpha value is -0.340. The fourth-order valence-corrected chi connectivity index (χ4v) is 0.688. The summed E-state index contributed by atoms with van der Waals surface area (Å²) < 4.78 is 5.20. The summed E-state index contributed by atoms with van der Waals surface area (Å²) in [4.78, 5) is 0. The Bertz CT molecular complexity index is 93.6. The molecule has 0 radical (unpaired) electrons. The molecule has 0 aliphatic carbocycles. The molecule has 2 nitrogen and oxygen atoms in total. The summed E-state index contributed by atoms with van der Waals surface area (Å²) in [6.45, 7) is 10.3. The van der Waals surface area contributed by atoms with Crippen LogP contribution in [0.2, 0.25) is 0 Å². The van der Waals surface area contributed by atoms with Gasteiger partial charge in [-0.25, -0.2) is 0 Å². The van der Waals surface area contributed by atoms with E-state index in [1.165, 1.54) is 6.42 Å². The molecule has 1 unspecified atom stereocenters. The lowest BCUT2D eigenvalue weighted by Crippen LogP contribution is -2.28. The molecule has 2 heteroatoms. The van der Waals surface area contributed by atoms with Gasteiger partial charge in [0.25, 0.3) is 0 Å². The summed E-state index contributed by atoms with van der Waals surface area (Å²) in [5, 5.41) is 3.33. The van der Waals surface area contributed by atoms with Gasteiger partial charge in [0.1, 0.15) is 0 Å². The average Bonchev–Trinajstić information content (AvgIpc) is 2.04. The smallest absolute Gasteiger partial charge is 0.0645 e. The summed E-state index contributed by atoms with van der Waals surface area (Å²) in [5.41, 5.74) is 0. The van der Waals surface area contributed by atoms with Crippen LogP contribution < -0.4 is 5.32 Å². The van der Waals surface area contributed by atoms with Gasteiger partial charge in [-0.3, -0.25) is 0 Å².